The maximum absolute atomic E-state index is 5.70. The zero-order valence-corrected chi connectivity index (χ0v) is 19.6. The largest absolute Gasteiger partial charge is 0.454 e. The van der Waals surface area contributed by atoms with Crippen LogP contribution >= 0.6 is 24.0 Å². The summed E-state index contributed by atoms with van der Waals surface area (Å²) >= 11 is 0. The van der Waals surface area contributed by atoms with Crippen molar-refractivity contribution in [2.24, 2.45) is 10.4 Å². The minimum absolute atomic E-state index is 0. The summed E-state index contributed by atoms with van der Waals surface area (Å²) in [7, 11) is 1.91. The van der Waals surface area contributed by atoms with Crippen LogP contribution in [-0.2, 0) is 10.2 Å². The van der Waals surface area contributed by atoms with Crippen LogP contribution < -0.4 is 14.8 Å². The molecule has 3 aliphatic heterocycles. The van der Waals surface area contributed by atoms with Crippen molar-refractivity contribution in [2.45, 2.75) is 43.9 Å². The zero-order chi connectivity index (χ0) is 19.0. The Morgan fingerprint density at radius 1 is 1.10 bits per heavy atom. The quantitative estimate of drug-likeness (QED) is 0.381. The number of likely N-dealkylation sites (tertiary alicyclic amines) is 1. The van der Waals surface area contributed by atoms with Crippen molar-refractivity contribution in [3.63, 3.8) is 0 Å². The van der Waals surface area contributed by atoms with Gasteiger partial charge in [0.1, 0.15) is 0 Å². The third kappa shape index (κ3) is 3.92. The molecule has 7 heteroatoms. The monoisotopic (exact) mass is 513 g/mol. The molecule has 4 aliphatic rings. The Kier molecular flexibility index (Phi) is 6.16. The van der Waals surface area contributed by atoms with Crippen LogP contribution in [0.1, 0.15) is 44.1 Å². The molecule has 1 aliphatic carbocycles. The standard InChI is InChI=1S/C22H31N3O3.HI/c1-23-20(25-10-7-21(15-25)5-2-6-21)24-14-22(8-11-26-12-9-22)17-3-4-18-19(13-17)28-16-27-18;/h3-4,13H,2,5-12,14-16H2,1H3,(H,23,24);1H. The van der Waals surface area contributed by atoms with E-state index in [4.69, 9.17) is 14.2 Å². The number of benzene rings is 1. The molecule has 0 aromatic heterocycles. The van der Waals surface area contributed by atoms with Crippen molar-refractivity contribution >= 4 is 29.9 Å². The van der Waals surface area contributed by atoms with Gasteiger partial charge >= 0.3 is 0 Å². The summed E-state index contributed by atoms with van der Waals surface area (Å²) in [4.78, 5) is 7.08. The summed E-state index contributed by atoms with van der Waals surface area (Å²) < 4.78 is 16.8. The molecule has 0 bridgehead atoms. The van der Waals surface area contributed by atoms with Crippen LogP contribution in [0.2, 0.25) is 0 Å². The lowest BCUT2D eigenvalue weighted by Crippen LogP contribution is -2.49. The molecule has 2 saturated heterocycles. The molecule has 160 valence electrons. The molecular formula is C22H32IN3O3. The molecule has 1 aromatic carbocycles. The molecule has 6 nitrogen and oxygen atoms in total. The number of aliphatic imine (C=N–C) groups is 1. The van der Waals surface area contributed by atoms with Gasteiger partial charge < -0.3 is 24.4 Å². The van der Waals surface area contributed by atoms with Crippen molar-refractivity contribution in [1.29, 1.82) is 0 Å². The molecule has 29 heavy (non-hydrogen) atoms. The fourth-order valence-corrected chi connectivity index (χ4v) is 5.34. The lowest BCUT2D eigenvalue weighted by Gasteiger charge is -2.40. The summed E-state index contributed by atoms with van der Waals surface area (Å²) in [5, 5.41) is 3.72. The van der Waals surface area contributed by atoms with Gasteiger partial charge in [-0.3, -0.25) is 4.99 Å². The highest BCUT2D eigenvalue weighted by Crippen LogP contribution is 2.48. The number of rotatable bonds is 3. The minimum atomic E-state index is 0. The van der Waals surface area contributed by atoms with Gasteiger partial charge in [0, 0.05) is 45.3 Å². The molecule has 0 atom stereocenters. The summed E-state index contributed by atoms with van der Waals surface area (Å²) in [6.07, 6.45) is 7.49. The van der Waals surface area contributed by atoms with Crippen molar-refractivity contribution < 1.29 is 14.2 Å². The maximum atomic E-state index is 5.70. The Bertz CT molecular complexity index is 760. The third-order valence-corrected chi connectivity index (χ3v) is 7.38. The van der Waals surface area contributed by atoms with Crippen LogP contribution in [0.3, 0.4) is 0 Å². The first-order chi connectivity index (χ1) is 13.7. The molecule has 1 spiro atoms. The van der Waals surface area contributed by atoms with Crippen LogP contribution in [0.15, 0.2) is 23.2 Å². The van der Waals surface area contributed by atoms with Crippen molar-refractivity contribution in [3.8, 4) is 11.5 Å². The second kappa shape index (κ2) is 8.49. The molecule has 3 heterocycles. The predicted molar refractivity (Wildman–Crippen MR) is 124 cm³/mol. The fourth-order valence-electron chi connectivity index (χ4n) is 5.34. The smallest absolute Gasteiger partial charge is 0.231 e. The van der Waals surface area contributed by atoms with Crippen molar-refractivity contribution in [2.75, 3.05) is 46.7 Å². The number of hydrogen-bond donors (Lipinski definition) is 1. The Morgan fingerprint density at radius 3 is 2.59 bits per heavy atom. The van der Waals surface area contributed by atoms with Gasteiger partial charge in [-0.05, 0) is 55.2 Å². The first-order valence-corrected chi connectivity index (χ1v) is 10.7. The van der Waals surface area contributed by atoms with E-state index >= 15 is 0 Å². The first kappa shape index (κ1) is 21.0. The van der Waals surface area contributed by atoms with Crippen LogP contribution in [0.4, 0.5) is 0 Å². The lowest BCUT2D eigenvalue weighted by atomic mass is 9.68. The number of guanidine groups is 1. The van der Waals surface area contributed by atoms with Gasteiger partial charge in [0.25, 0.3) is 0 Å². The third-order valence-electron chi connectivity index (χ3n) is 7.38. The van der Waals surface area contributed by atoms with E-state index in [0.29, 0.717) is 12.2 Å². The van der Waals surface area contributed by atoms with Gasteiger partial charge in [0.2, 0.25) is 6.79 Å². The number of nitrogens with one attached hydrogen (secondary N) is 1. The highest BCUT2D eigenvalue weighted by atomic mass is 127. The second-order valence-electron chi connectivity index (χ2n) is 8.89. The van der Waals surface area contributed by atoms with Gasteiger partial charge in [-0.15, -0.1) is 24.0 Å². The SMILES string of the molecule is CN=C(NCC1(c2ccc3c(c2)OCO3)CCOCC1)N1CCC2(CCC2)C1.I. The van der Waals surface area contributed by atoms with Crippen LogP contribution in [-0.4, -0.2) is 57.5 Å². The Balaban J connectivity index is 0.00000205. The fraction of sp³-hybridized carbons (Fsp3) is 0.682. The Hall–Kier alpha value is -1.22. The van der Waals surface area contributed by atoms with Crippen molar-refractivity contribution in [1.82, 2.24) is 10.2 Å². The van der Waals surface area contributed by atoms with Gasteiger partial charge in [0.05, 0.1) is 0 Å². The van der Waals surface area contributed by atoms with Crippen LogP contribution in [0, 0.1) is 5.41 Å². The highest BCUT2D eigenvalue weighted by molar-refractivity contribution is 14.0. The lowest BCUT2D eigenvalue weighted by molar-refractivity contribution is 0.0511. The van der Waals surface area contributed by atoms with E-state index in [2.05, 4.69) is 27.3 Å². The zero-order valence-electron chi connectivity index (χ0n) is 17.2. The number of fused-ring (bicyclic) bond motifs is 1. The summed E-state index contributed by atoms with van der Waals surface area (Å²) in [6.45, 7) is 5.05. The van der Waals surface area contributed by atoms with E-state index < -0.39 is 0 Å². The average molecular weight is 513 g/mol. The Morgan fingerprint density at radius 2 is 1.90 bits per heavy atom. The number of halogens is 1. The molecule has 0 amide bonds. The first-order valence-electron chi connectivity index (χ1n) is 10.7. The van der Waals surface area contributed by atoms with Crippen molar-refractivity contribution in [3.05, 3.63) is 23.8 Å². The molecule has 1 aromatic rings. The summed E-state index contributed by atoms with van der Waals surface area (Å²) in [5.74, 6) is 2.76. The van der Waals surface area contributed by atoms with E-state index in [1.54, 1.807) is 0 Å². The van der Waals surface area contributed by atoms with Gasteiger partial charge in [0.15, 0.2) is 17.5 Å². The molecule has 3 fully saturated rings. The van der Waals surface area contributed by atoms with Gasteiger partial charge in [-0.1, -0.05) is 12.5 Å². The Labute approximate surface area is 190 Å². The second-order valence-corrected chi connectivity index (χ2v) is 8.89. The molecule has 0 radical (unpaired) electrons. The summed E-state index contributed by atoms with van der Waals surface area (Å²) in [5.41, 5.74) is 1.91. The van der Waals surface area contributed by atoms with Crippen LogP contribution in [0.5, 0.6) is 11.5 Å². The molecule has 0 unspecified atom stereocenters. The van der Waals surface area contributed by atoms with E-state index in [-0.39, 0.29) is 29.4 Å². The van der Waals surface area contributed by atoms with Crippen LogP contribution in [0.25, 0.3) is 0 Å². The van der Waals surface area contributed by atoms with E-state index in [9.17, 15) is 0 Å². The topological polar surface area (TPSA) is 55.3 Å². The van der Waals surface area contributed by atoms with E-state index in [0.717, 1.165) is 63.1 Å². The predicted octanol–water partition coefficient (Wildman–Crippen LogP) is 3.53. The molecule has 1 saturated carbocycles. The van der Waals surface area contributed by atoms with Gasteiger partial charge in [-0.2, -0.15) is 0 Å². The number of hydrogen-bond acceptors (Lipinski definition) is 4. The molecule has 5 rings (SSSR count). The van der Waals surface area contributed by atoms with Gasteiger partial charge in [-0.25, -0.2) is 0 Å². The number of nitrogens with zero attached hydrogens (tertiary/aromatic N) is 2. The molecule has 1 N–H and O–H groups in total. The minimum Gasteiger partial charge on any atom is -0.454 e. The molecular weight excluding hydrogens is 481 g/mol. The van der Waals surface area contributed by atoms with E-state index in [1.807, 2.05) is 13.1 Å². The normalized spacial score (nSPS) is 24.2. The van der Waals surface area contributed by atoms with E-state index in [1.165, 1.54) is 31.2 Å². The average Bonchev–Trinajstić information content (AvgIpc) is 3.36. The summed E-state index contributed by atoms with van der Waals surface area (Å²) in [6, 6.07) is 6.41. The maximum Gasteiger partial charge on any atom is 0.231 e. The highest BCUT2D eigenvalue weighted by Gasteiger charge is 2.44. The number of ether oxygens (including phenoxy) is 3.